The van der Waals surface area contributed by atoms with Crippen LogP contribution in [0, 0.1) is 5.41 Å². The van der Waals surface area contributed by atoms with Gasteiger partial charge in [0.1, 0.15) is 11.5 Å². The molecule has 110 valence electrons. The number of thiocarbonyl (C=S) groups is 1. The molecule has 0 bridgehead atoms. The van der Waals surface area contributed by atoms with Gasteiger partial charge in [-0.15, -0.1) is 0 Å². The molecule has 0 unspecified atom stereocenters. The Bertz CT molecular complexity index is 515. The first-order valence-electron chi connectivity index (χ1n) is 6.12. The number of rotatable bonds is 6. The van der Waals surface area contributed by atoms with Crippen molar-refractivity contribution < 1.29 is 14.3 Å². The summed E-state index contributed by atoms with van der Waals surface area (Å²) in [5, 5.41) is 2.81. The van der Waals surface area contributed by atoms with Crippen molar-refractivity contribution >= 4 is 23.1 Å². The van der Waals surface area contributed by atoms with Gasteiger partial charge in [-0.05, 0) is 12.1 Å². The van der Waals surface area contributed by atoms with Crippen LogP contribution in [0.3, 0.4) is 0 Å². The summed E-state index contributed by atoms with van der Waals surface area (Å²) in [6.07, 6.45) is 0. The van der Waals surface area contributed by atoms with Gasteiger partial charge in [0.25, 0.3) is 5.91 Å². The second kappa shape index (κ2) is 6.56. The summed E-state index contributed by atoms with van der Waals surface area (Å²) in [7, 11) is 3.06. The maximum absolute atomic E-state index is 12.2. The molecule has 0 fully saturated rings. The lowest BCUT2D eigenvalue weighted by atomic mass is 9.93. The molecule has 5 nitrogen and oxygen atoms in total. The van der Waals surface area contributed by atoms with Crippen molar-refractivity contribution in [3.05, 3.63) is 23.8 Å². The number of ether oxygens (including phenoxy) is 2. The Morgan fingerprint density at radius 3 is 2.50 bits per heavy atom. The minimum absolute atomic E-state index is 0.242. The highest BCUT2D eigenvalue weighted by atomic mass is 32.1. The Labute approximate surface area is 124 Å². The maximum atomic E-state index is 12.2. The zero-order valence-corrected chi connectivity index (χ0v) is 13.0. The summed E-state index contributed by atoms with van der Waals surface area (Å²) in [6.45, 7) is 4.11. The van der Waals surface area contributed by atoms with Crippen LogP contribution >= 0.6 is 12.2 Å². The topological polar surface area (TPSA) is 73.6 Å². The molecule has 0 saturated carbocycles. The number of carbonyl (C=O) groups excluding carboxylic acids is 1. The van der Waals surface area contributed by atoms with Crippen molar-refractivity contribution in [2.45, 2.75) is 13.8 Å². The van der Waals surface area contributed by atoms with Gasteiger partial charge in [-0.2, -0.15) is 0 Å². The van der Waals surface area contributed by atoms with Crippen LogP contribution in [0.25, 0.3) is 0 Å². The Morgan fingerprint density at radius 2 is 2.00 bits per heavy atom. The molecule has 0 saturated heterocycles. The second-order valence-corrected chi connectivity index (χ2v) is 5.44. The van der Waals surface area contributed by atoms with Gasteiger partial charge in [-0.1, -0.05) is 26.1 Å². The fourth-order valence-corrected chi connectivity index (χ4v) is 1.54. The lowest BCUT2D eigenvalue weighted by Crippen LogP contribution is -2.41. The number of hydrogen-bond donors (Lipinski definition) is 2. The number of nitrogens with one attached hydrogen (secondary N) is 1. The third-order valence-electron chi connectivity index (χ3n) is 3.01. The van der Waals surface area contributed by atoms with Gasteiger partial charge in [-0.25, -0.2) is 0 Å². The van der Waals surface area contributed by atoms with Crippen molar-refractivity contribution in [3.8, 4) is 11.5 Å². The predicted molar refractivity (Wildman–Crippen MR) is 82.4 cm³/mol. The molecule has 0 aromatic heterocycles. The normalized spacial score (nSPS) is 10.8. The van der Waals surface area contributed by atoms with E-state index in [1.54, 1.807) is 25.3 Å². The van der Waals surface area contributed by atoms with Gasteiger partial charge in [-0.3, -0.25) is 4.79 Å². The first kappa shape index (κ1) is 16.2. The zero-order valence-electron chi connectivity index (χ0n) is 12.1. The number of methoxy groups -OCH3 is 2. The molecule has 0 spiro atoms. The molecule has 0 heterocycles. The molecule has 0 radical (unpaired) electrons. The number of benzene rings is 1. The largest absolute Gasteiger partial charge is 0.497 e. The quantitative estimate of drug-likeness (QED) is 0.782. The third kappa shape index (κ3) is 3.84. The molecular weight excluding hydrogens is 276 g/mol. The molecule has 1 aromatic rings. The van der Waals surface area contributed by atoms with Crippen molar-refractivity contribution in [1.29, 1.82) is 0 Å². The van der Waals surface area contributed by atoms with Crippen molar-refractivity contribution in [3.63, 3.8) is 0 Å². The van der Waals surface area contributed by atoms with Crippen LogP contribution in [0.15, 0.2) is 18.2 Å². The first-order valence-corrected chi connectivity index (χ1v) is 6.53. The molecule has 3 N–H and O–H groups in total. The summed E-state index contributed by atoms with van der Waals surface area (Å²) in [5.74, 6) is 0.839. The Morgan fingerprint density at radius 1 is 1.35 bits per heavy atom. The summed E-state index contributed by atoms with van der Waals surface area (Å²) in [6, 6.07) is 5.02. The number of amides is 1. The molecule has 0 atom stereocenters. The molecule has 1 rings (SSSR count). The van der Waals surface area contributed by atoms with E-state index in [0.29, 0.717) is 28.6 Å². The summed E-state index contributed by atoms with van der Waals surface area (Å²) < 4.78 is 10.3. The van der Waals surface area contributed by atoms with E-state index < -0.39 is 5.41 Å². The predicted octanol–water partition coefficient (Wildman–Crippen LogP) is 1.75. The minimum atomic E-state index is -0.440. The van der Waals surface area contributed by atoms with Crippen LogP contribution in [-0.4, -0.2) is 31.7 Å². The standard InChI is InChI=1S/C14H20N2O3S/c1-14(2,13(15)20)8-16-12(17)10-6-5-9(18-3)7-11(10)19-4/h5-7H,8H2,1-4H3,(H2,15,20)(H,16,17). The SMILES string of the molecule is COc1ccc(C(=O)NCC(C)(C)C(N)=S)c(OC)c1. The van der Waals surface area contributed by atoms with Gasteiger partial charge in [0, 0.05) is 18.0 Å². The highest BCUT2D eigenvalue weighted by Crippen LogP contribution is 2.24. The smallest absolute Gasteiger partial charge is 0.255 e. The lowest BCUT2D eigenvalue weighted by Gasteiger charge is -2.23. The molecule has 6 heteroatoms. The van der Waals surface area contributed by atoms with Crippen LogP contribution in [0.2, 0.25) is 0 Å². The molecule has 1 amide bonds. The molecule has 0 aliphatic heterocycles. The highest BCUT2D eigenvalue weighted by molar-refractivity contribution is 7.80. The van der Waals surface area contributed by atoms with Crippen molar-refractivity contribution in [2.24, 2.45) is 11.1 Å². The van der Waals surface area contributed by atoms with Crippen molar-refractivity contribution in [2.75, 3.05) is 20.8 Å². The van der Waals surface area contributed by atoms with E-state index in [1.807, 2.05) is 13.8 Å². The Balaban J connectivity index is 2.85. The first-order chi connectivity index (χ1) is 9.31. The summed E-state index contributed by atoms with van der Waals surface area (Å²) in [5.41, 5.74) is 5.63. The third-order valence-corrected chi connectivity index (χ3v) is 3.56. The van der Waals surface area contributed by atoms with E-state index >= 15 is 0 Å². The summed E-state index contributed by atoms with van der Waals surface area (Å²) >= 11 is 4.97. The van der Waals surface area contributed by atoms with Crippen LogP contribution in [0.5, 0.6) is 11.5 Å². The monoisotopic (exact) mass is 296 g/mol. The molecule has 20 heavy (non-hydrogen) atoms. The van der Waals surface area contributed by atoms with E-state index in [4.69, 9.17) is 27.4 Å². The van der Waals surface area contributed by atoms with E-state index in [0.717, 1.165) is 0 Å². The molecule has 1 aromatic carbocycles. The maximum Gasteiger partial charge on any atom is 0.255 e. The fraction of sp³-hybridized carbons (Fsp3) is 0.429. The number of hydrogen-bond acceptors (Lipinski definition) is 4. The zero-order chi connectivity index (χ0) is 15.3. The van der Waals surface area contributed by atoms with Gasteiger partial charge in [0.2, 0.25) is 0 Å². The Kier molecular flexibility index (Phi) is 5.33. The lowest BCUT2D eigenvalue weighted by molar-refractivity contribution is 0.0942. The molecular formula is C14H20N2O3S. The van der Waals surface area contributed by atoms with E-state index in [2.05, 4.69) is 5.32 Å². The van der Waals surface area contributed by atoms with Crippen LogP contribution in [0.1, 0.15) is 24.2 Å². The summed E-state index contributed by atoms with van der Waals surface area (Å²) in [4.78, 5) is 12.5. The van der Waals surface area contributed by atoms with E-state index in [1.165, 1.54) is 7.11 Å². The Hall–Kier alpha value is -1.82. The van der Waals surface area contributed by atoms with Crippen LogP contribution < -0.4 is 20.5 Å². The van der Waals surface area contributed by atoms with E-state index in [9.17, 15) is 4.79 Å². The van der Waals surface area contributed by atoms with E-state index in [-0.39, 0.29) is 5.91 Å². The molecule has 0 aliphatic carbocycles. The van der Waals surface area contributed by atoms with Gasteiger partial charge < -0.3 is 20.5 Å². The molecule has 0 aliphatic rings. The number of nitrogens with two attached hydrogens (primary N) is 1. The second-order valence-electron chi connectivity index (χ2n) is 5.00. The highest BCUT2D eigenvalue weighted by Gasteiger charge is 2.23. The van der Waals surface area contributed by atoms with Gasteiger partial charge >= 0.3 is 0 Å². The van der Waals surface area contributed by atoms with Gasteiger partial charge in [0.05, 0.1) is 24.8 Å². The average Bonchev–Trinajstić information content (AvgIpc) is 2.43. The minimum Gasteiger partial charge on any atom is -0.497 e. The van der Waals surface area contributed by atoms with Gasteiger partial charge in [0.15, 0.2) is 0 Å². The number of carbonyl (C=O) groups is 1. The van der Waals surface area contributed by atoms with Crippen LogP contribution in [0.4, 0.5) is 0 Å². The average molecular weight is 296 g/mol. The fourth-order valence-electron chi connectivity index (χ4n) is 1.47. The van der Waals surface area contributed by atoms with Crippen molar-refractivity contribution in [1.82, 2.24) is 5.32 Å². The van der Waals surface area contributed by atoms with Crippen LogP contribution in [-0.2, 0) is 0 Å².